The quantitative estimate of drug-likeness (QED) is 0.710. The summed E-state index contributed by atoms with van der Waals surface area (Å²) in [5, 5.41) is 6.05. The molecule has 1 atom stereocenters. The summed E-state index contributed by atoms with van der Waals surface area (Å²) in [5.41, 5.74) is 1.70. The zero-order valence-corrected chi connectivity index (χ0v) is 17.7. The number of hydrogen-bond acceptors (Lipinski definition) is 6. The number of hydrazone groups is 1. The van der Waals surface area contributed by atoms with Crippen molar-refractivity contribution in [3.63, 3.8) is 0 Å². The summed E-state index contributed by atoms with van der Waals surface area (Å²) in [6, 6.07) is 11.5. The van der Waals surface area contributed by atoms with Crippen LogP contribution in [0, 0.1) is 5.82 Å². The summed E-state index contributed by atoms with van der Waals surface area (Å²) in [7, 11) is 3.17. The van der Waals surface area contributed by atoms with Gasteiger partial charge in [-0.3, -0.25) is 9.69 Å². The molecule has 1 unspecified atom stereocenters. The third-order valence-corrected chi connectivity index (χ3v) is 5.61. The number of benzene rings is 2. The predicted molar refractivity (Wildman–Crippen MR) is 114 cm³/mol. The molecule has 31 heavy (non-hydrogen) atoms. The van der Waals surface area contributed by atoms with Crippen LogP contribution in [0.4, 0.5) is 4.39 Å². The van der Waals surface area contributed by atoms with Crippen LogP contribution in [0.25, 0.3) is 0 Å². The summed E-state index contributed by atoms with van der Waals surface area (Å²) in [5.74, 6) is 0.763. The van der Waals surface area contributed by atoms with E-state index in [1.807, 2.05) is 11.0 Å². The molecule has 2 aromatic carbocycles. The number of halogens is 1. The smallest absolute Gasteiger partial charge is 0.257 e. The Kier molecular flexibility index (Phi) is 6.48. The normalized spacial score (nSPS) is 19.3. The molecule has 0 N–H and O–H groups in total. The zero-order chi connectivity index (χ0) is 21.8. The number of hydrogen-bond donors (Lipinski definition) is 0. The van der Waals surface area contributed by atoms with E-state index in [1.54, 1.807) is 44.6 Å². The monoisotopic (exact) mass is 427 g/mol. The largest absolute Gasteiger partial charge is 0.497 e. The highest BCUT2D eigenvalue weighted by molar-refractivity contribution is 6.03. The lowest BCUT2D eigenvalue weighted by Crippen LogP contribution is -2.43. The molecule has 1 fully saturated rings. The topological polar surface area (TPSA) is 63.6 Å². The van der Waals surface area contributed by atoms with Crippen molar-refractivity contribution in [2.24, 2.45) is 5.10 Å². The fourth-order valence-corrected chi connectivity index (χ4v) is 3.96. The molecule has 8 heteroatoms. The molecule has 4 rings (SSSR count). The van der Waals surface area contributed by atoms with Crippen molar-refractivity contribution < 1.29 is 23.4 Å². The van der Waals surface area contributed by atoms with Gasteiger partial charge in [-0.25, -0.2) is 9.40 Å². The van der Waals surface area contributed by atoms with Crippen molar-refractivity contribution in [1.29, 1.82) is 0 Å². The van der Waals surface area contributed by atoms with Gasteiger partial charge in [0.15, 0.2) is 0 Å². The van der Waals surface area contributed by atoms with E-state index in [0.717, 1.165) is 5.56 Å². The van der Waals surface area contributed by atoms with Gasteiger partial charge in [0.05, 0.1) is 45.7 Å². The van der Waals surface area contributed by atoms with Crippen molar-refractivity contribution in [2.75, 3.05) is 47.1 Å². The van der Waals surface area contributed by atoms with Crippen LogP contribution in [0.5, 0.6) is 11.5 Å². The Bertz CT molecular complexity index is 975. The summed E-state index contributed by atoms with van der Waals surface area (Å²) >= 11 is 0. The number of ether oxygens (including phenoxy) is 3. The van der Waals surface area contributed by atoms with Crippen molar-refractivity contribution >= 4 is 11.6 Å². The second kappa shape index (κ2) is 9.45. The minimum Gasteiger partial charge on any atom is -0.497 e. The molecule has 164 valence electrons. The second-order valence-corrected chi connectivity index (χ2v) is 7.48. The number of morpholine rings is 1. The highest BCUT2D eigenvalue weighted by Gasteiger charge is 2.36. The molecule has 0 spiro atoms. The van der Waals surface area contributed by atoms with Crippen molar-refractivity contribution in [1.82, 2.24) is 9.91 Å². The first-order chi connectivity index (χ1) is 15.1. The number of methoxy groups -OCH3 is 2. The first-order valence-corrected chi connectivity index (χ1v) is 10.3. The molecule has 2 aliphatic rings. The fraction of sp³-hybridized carbons (Fsp3) is 0.391. The number of carbonyl (C=O) groups excluding carboxylic acids is 1. The van der Waals surface area contributed by atoms with Crippen LogP contribution in [0.3, 0.4) is 0 Å². The average Bonchev–Trinajstić information content (AvgIpc) is 3.25. The molecule has 2 aliphatic heterocycles. The maximum absolute atomic E-state index is 14.5. The lowest BCUT2D eigenvalue weighted by atomic mass is 9.97. The molecule has 1 amide bonds. The van der Waals surface area contributed by atoms with Gasteiger partial charge < -0.3 is 14.2 Å². The van der Waals surface area contributed by atoms with E-state index < -0.39 is 6.04 Å². The molecular formula is C23H26FN3O4. The third-order valence-electron chi connectivity index (χ3n) is 5.61. The molecule has 0 aliphatic carbocycles. The van der Waals surface area contributed by atoms with Crippen LogP contribution in [0.15, 0.2) is 47.6 Å². The fourth-order valence-electron chi connectivity index (χ4n) is 3.96. The van der Waals surface area contributed by atoms with Crippen molar-refractivity contribution in [2.45, 2.75) is 12.5 Å². The van der Waals surface area contributed by atoms with E-state index in [9.17, 15) is 9.18 Å². The second-order valence-electron chi connectivity index (χ2n) is 7.48. The minimum absolute atomic E-state index is 0.150. The SMILES string of the molecule is COc1ccc(OC)c(C2CC(c3ccccc3F)=NN2C(=O)CN2CCOCC2)c1. The van der Waals surface area contributed by atoms with Crippen LogP contribution in [0.1, 0.15) is 23.6 Å². The van der Waals surface area contributed by atoms with Crippen LogP contribution < -0.4 is 9.47 Å². The Labute approximate surface area is 181 Å². The summed E-state index contributed by atoms with van der Waals surface area (Å²) in [6.45, 7) is 2.81. The van der Waals surface area contributed by atoms with Crippen LogP contribution in [0.2, 0.25) is 0 Å². The van der Waals surface area contributed by atoms with Gasteiger partial charge in [0.1, 0.15) is 17.3 Å². The Morgan fingerprint density at radius 1 is 1.16 bits per heavy atom. The summed E-state index contributed by atoms with van der Waals surface area (Å²) in [4.78, 5) is 15.3. The highest BCUT2D eigenvalue weighted by Crippen LogP contribution is 2.39. The Hall–Kier alpha value is -2.97. The van der Waals surface area contributed by atoms with Gasteiger partial charge in [0, 0.05) is 30.6 Å². The first-order valence-electron chi connectivity index (χ1n) is 10.3. The Morgan fingerprint density at radius 2 is 1.94 bits per heavy atom. The van der Waals surface area contributed by atoms with Gasteiger partial charge in [0.2, 0.25) is 0 Å². The first kappa shape index (κ1) is 21.3. The average molecular weight is 427 g/mol. The molecule has 1 saturated heterocycles. The molecule has 0 saturated carbocycles. The van der Waals surface area contributed by atoms with E-state index in [1.165, 1.54) is 11.1 Å². The van der Waals surface area contributed by atoms with E-state index in [0.29, 0.717) is 55.5 Å². The van der Waals surface area contributed by atoms with E-state index in [-0.39, 0.29) is 18.3 Å². The number of rotatable bonds is 6. The van der Waals surface area contributed by atoms with E-state index in [2.05, 4.69) is 5.10 Å². The molecule has 2 heterocycles. The third kappa shape index (κ3) is 4.55. The Morgan fingerprint density at radius 3 is 2.65 bits per heavy atom. The minimum atomic E-state index is -0.423. The lowest BCUT2D eigenvalue weighted by Gasteiger charge is -2.29. The molecule has 0 aromatic heterocycles. The molecular weight excluding hydrogens is 401 g/mol. The number of nitrogens with zero attached hydrogens (tertiary/aromatic N) is 3. The van der Waals surface area contributed by atoms with Gasteiger partial charge >= 0.3 is 0 Å². The van der Waals surface area contributed by atoms with Crippen LogP contribution in [-0.2, 0) is 9.53 Å². The van der Waals surface area contributed by atoms with Gasteiger partial charge in [-0.2, -0.15) is 5.10 Å². The van der Waals surface area contributed by atoms with Crippen LogP contribution >= 0.6 is 0 Å². The molecule has 0 bridgehead atoms. The standard InChI is InChI=1S/C23H26FN3O4/c1-29-16-7-8-22(30-2)18(13-16)21-14-20(17-5-3-4-6-19(17)24)25-27(21)23(28)15-26-9-11-31-12-10-26/h3-8,13,21H,9-12,14-15H2,1-2H3. The van der Waals surface area contributed by atoms with Crippen molar-refractivity contribution in [3.05, 3.63) is 59.4 Å². The highest BCUT2D eigenvalue weighted by atomic mass is 19.1. The lowest BCUT2D eigenvalue weighted by molar-refractivity contribution is -0.135. The molecule has 0 radical (unpaired) electrons. The van der Waals surface area contributed by atoms with E-state index >= 15 is 0 Å². The molecule has 7 nitrogen and oxygen atoms in total. The van der Waals surface area contributed by atoms with Gasteiger partial charge in [-0.1, -0.05) is 18.2 Å². The van der Waals surface area contributed by atoms with Gasteiger partial charge in [0.25, 0.3) is 5.91 Å². The van der Waals surface area contributed by atoms with Crippen molar-refractivity contribution in [3.8, 4) is 11.5 Å². The summed E-state index contributed by atoms with van der Waals surface area (Å²) in [6.07, 6.45) is 0.374. The summed E-state index contributed by atoms with van der Waals surface area (Å²) < 4.78 is 30.8. The number of carbonyl (C=O) groups is 1. The van der Waals surface area contributed by atoms with Gasteiger partial charge in [-0.15, -0.1) is 0 Å². The van der Waals surface area contributed by atoms with E-state index in [4.69, 9.17) is 14.2 Å². The molecule has 2 aromatic rings. The predicted octanol–water partition coefficient (Wildman–Crippen LogP) is 2.85. The maximum atomic E-state index is 14.5. The maximum Gasteiger partial charge on any atom is 0.257 e. The zero-order valence-electron chi connectivity index (χ0n) is 17.7. The van der Waals surface area contributed by atoms with Gasteiger partial charge in [-0.05, 0) is 24.3 Å². The van der Waals surface area contributed by atoms with Crippen LogP contribution in [-0.4, -0.2) is 68.6 Å². The number of amides is 1. The Balaban J connectivity index is 1.69.